The summed E-state index contributed by atoms with van der Waals surface area (Å²) in [7, 11) is 3.47. The Labute approximate surface area is 79.3 Å². The molecule has 0 bridgehead atoms. The average Bonchev–Trinajstić information content (AvgIpc) is 2.31. The fourth-order valence-electron chi connectivity index (χ4n) is 1.84. The topological polar surface area (TPSA) is 58.9 Å². The maximum atomic E-state index is 9.84. The van der Waals surface area contributed by atoms with Crippen molar-refractivity contribution in [2.45, 2.75) is 24.6 Å². The Morgan fingerprint density at radius 2 is 2.23 bits per heavy atom. The number of rotatable bonds is 3. The highest BCUT2D eigenvalue weighted by Crippen LogP contribution is 2.33. The van der Waals surface area contributed by atoms with Gasteiger partial charge in [-0.25, -0.2) is 0 Å². The lowest BCUT2D eigenvalue weighted by molar-refractivity contribution is -0.0855. The molecule has 1 saturated heterocycles. The van der Waals surface area contributed by atoms with Crippen molar-refractivity contribution in [3.8, 4) is 0 Å². The molecule has 0 saturated carbocycles. The van der Waals surface area contributed by atoms with E-state index in [0.29, 0.717) is 6.61 Å². The summed E-state index contributed by atoms with van der Waals surface area (Å²) in [6.07, 6.45) is -0.660. The van der Waals surface area contributed by atoms with Crippen molar-refractivity contribution in [1.29, 1.82) is 0 Å². The smallest absolute Gasteiger partial charge is 0.139 e. The van der Waals surface area contributed by atoms with Crippen LogP contribution in [0.5, 0.6) is 0 Å². The minimum Gasteiger partial charge on any atom is -0.393 e. The molecule has 0 aromatic heterocycles. The Balaban J connectivity index is 2.68. The van der Waals surface area contributed by atoms with Crippen LogP contribution in [0.3, 0.4) is 0 Å². The highest BCUT2D eigenvalue weighted by molar-refractivity contribution is 6.11. The third-order valence-electron chi connectivity index (χ3n) is 2.76. The lowest BCUT2D eigenvalue weighted by atomic mass is 9.83. The Bertz CT molecular complexity index is 178. The fourth-order valence-corrected chi connectivity index (χ4v) is 1.84. The fraction of sp³-hybridized carbons (Fsp3) is 1.00. The molecule has 1 fully saturated rings. The van der Waals surface area contributed by atoms with Gasteiger partial charge in [0, 0.05) is 19.0 Å². The van der Waals surface area contributed by atoms with Gasteiger partial charge in [-0.05, 0) is 6.92 Å². The summed E-state index contributed by atoms with van der Waals surface area (Å²) in [5.74, 6) is -0.0536. The molecule has 1 heterocycles. The number of ether oxygens (including phenoxy) is 2. The maximum absolute atomic E-state index is 9.84. The van der Waals surface area contributed by atoms with Crippen LogP contribution in [-0.2, 0) is 9.47 Å². The van der Waals surface area contributed by atoms with Crippen molar-refractivity contribution < 1.29 is 19.7 Å². The van der Waals surface area contributed by atoms with Gasteiger partial charge in [0.05, 0.1) is 19.3 Å². The van der Waals surface area contributed by atoms with Crippen LogP contribution in [0.15, 0.2) is 0 Å². The highest BCUT2D eigenvalue weighted by atomic mass is 16.5. The van der Waals surface area contributed by atoms with Crippen molar-refractivity contribution in [2.24, 2.45) is 5.92 Å². The second kappa shape index (κ2) is 3.96. The summed E-state index contributed by atoms with van der Waals surface area (Å²) in [6.45, 7) is 2.00. The van der Waals surface area contributed by atoms with Crippen LogP contribution >= 0.6 is 0 Å². The summed E-state index contributed by atoms with van der Waals surface area (Å²) in [4.78, 5) is 0. The van der Waals surface area contributed by atoms with Gasteiger partial charge in [-0.15, -0.1) is 0 Å². The second-order valence-electron chi connectivity index (χ2n) is 3.86. The van der Waals surface area contributed by atoms with Gasteiger partial charge in [0.2, 0.25) is 0 Å². The van der Waals surface area contributed by atoms with Crippen LogP contribution in [0.25, 0.3) is 0 Å². The van der Waals surface area contributed by atoms with Crippen LogP contribution in [0, 0.1) is 5.92 Å². The van der Waals surface area contributed by atoms with Gasteiger partial charge in [-0.2, -0.15) is 0 Å². The standard InChI is InChI=1S/C8H17BO4/c1-8(4-10)6(11)5(3-12-2)7(9)13-8/h5-7,10-11H,3-4,9H2,1-2H3/t5?,6?,7?,8-/m1/s1. The van der Waals surface area contributed by atoms with E-state index in [1.54, 1.807) is 14.0 Å². The van der Waals surface area contributed by atoms with Gasteiger partial charge in [0.25, 0.3) is 0 Å². The van der Waals surface area contributed by atoms with Gasteiger partial charge in [0.15, 0.2) is 0 Å². The molecular formula is C8H17BO4. The number of hydrogen-bond donors (Lipinski definition) is 2. The van der Waals surface area contributed by atoms with E-state index in [1.165, 1.54) is 0 Å². The largest absolute Gasteiger partial charge is 0.393 e. The number of aliphatic hydroxyl groups excluding tert-OH is 2. The first-order chi connectivity index (χ1) is 6.05. The molecule has 0 aromatic carbocycles. The third-order valence-corrected chi connectivity index (χ3v) is 2.76. The highest BCUT2D eigenvalue weighted by Gasteiger charge is 2.49. The lowest BCUT2D eigenvalue weighted by Gasteiger charge is -2.25. The molecule has 4 nitrogen and oxygen atoms in total. The molecule has 1 aliphatic rings. The van der Waals surface area contributed by atoms with E-state index < -0.39 is 11.7 Å². The van der Waals surface area contributed by atoms with E-state index >= 15 is 0 Å². The van der Waals surface area contributed by atoms with E-state index in [2.05, 4.69) is 0 Å². The molecule has 0 aliphatic carbocycles. The van der Waals surface area contributed by atoms with Gasteiger partial charge >= 0.3 is 0 Å². The van der Waals surface area contributed by atoms with Gasteiger partial charge in [0.1, 0.15) is 13.4 Å². The minimum atomic E-state index is -0.831. The Hall–Kier alpha value is -0.0951. The first kappa shape index (κ1) is 11.0. The van der Waals surface area contributed by atoms with E-state index in [4.69, 9.17) is 14.6 Å². The minimum absolute atomic E-state index is 0.0536. The molecule has 0 amide bonds. The summed E-state index contributed by atoms with van der Waals surface area (Å²) in [5.41, 5.74) is -0.831. The molecule has 0 spiro atoms. The molecule has 0 aromatic rings. The van der Waals surface area contributed by atoms with Gasteiger partial charge < -0.3 is 19.7 Å². The van der Waals surface area contributed by atoms with Crippen LogP contribution < -0.4 is 0 Å². The number of aliphatic hydroxyl groups is 2. The molecule has 0 radical (unpaired) electrons. The number of methoxy groups -OCH3 is 1. The SMILES string of the molecule is BC1O[C@](C)(CO)C(O)C1COC. The first-order valence-electron chi connectivity index (χ1n) is 4.51. The third kappa shape index (κ3) is 1.88. The van der Waals surface area contributed by atoms with Crippen molar-refractivity contribution in [2.75, 3.05) is 20.3 Å². The van der Waals surface area contributed by atoms with Crippen LogP contribution in [0.2, 0.25) is 0 Å². The molecule has 2 N–H and O–H groups in total. The van der Waals surface area contributed by atoms with Crippen molar-refractivity contribution in [3.63, 3.8) is 0 Å². The van der Waals surface area contributed by atoms with E-state index in [1.807, 2.05) is 7.85 Å². The molecule has 13 heavy (non-hydrogen) atoms. The zero-order chi connectivity index (χ0) is 10.1. The van der Waals surface area contributed by atoms with Crippen molar-refractivity contribution in [1.82, 2.24) is 0 Å². The van der Waals surface area contributed by atoms with Gasteiger partial charge in [-0.1, -0.05) is 0 Å². The Kier molecular flexibility index (Phi) is 3.35. The average molecular weight is 188 g/mol. The number of hydrogen-bond acceptors (Lipinski definition) is 4. The molecule has 1 aliphatic heterocycles. The maximum Gasteiger partial charge on any atom is 0.139 e. The van der Waals surface area contributed by atoms with Crippen molar-refractivity contribution in [3.05, 3.63) is 0 Å². The van der Waals surface area contributed by atoms with Crippen LogP contribution in [-0.4, -0.2) is 56.1 Å². The van der Waals surface area contributed by atoms with Gasteiger partial charge in [-0.3, -0.25) is 0 Å². The normalized spacial score (nSPS) is 45.4. The monoisotopic (exact) mass is 188 g/mol. The van der Waals surface area contributed by atoms with E-state index in [-0.39, 0.29) is 18.5 Å². The van der Waals surface area contributed by atoms with E-state index in [0.717, 1.165) is 0 Å². The second-order valence-corrected chi connectivity index (χ2v) is 3.86. The predicted octanol–water partition coefficient (Wildman–Crippen LogP) is -1.65. The molecule has 4 atom stereocenters. The zero-order valence-electron chi connectivity index (χ0n) is 8.36. The summed E-state index contributed by atoms with van der Waals surface area (Å²) in [6, 6.07) is -0.0768. The summed E-state index contributed by atoms with van der Waals surface area (Å²) >= 11 is 0. The molecular weight excluding hydrogens is 171 g/mol. The van der Waals surface area contributed by atoms with Crippen LogP contribution in [0.4, 0.5) is 0 Å². The van der Waals surface area contributed by atoms with E-state index in [9.17, 15) is 5.11 Å². The van der Waals surface area contributed by atoms with Crippen molar-refractivity contribution >= 4 is 7.85 Å². The summed E-state index contributed by atoms with van der Waals surface area (Å²) in [5, 5.41) is 18.9. The summed E-state index contributed by atoms with van der Waals surface area (Å²) < 4.78 is 10.5. The Morgan fingerprint density at radius 1 is 1.62 bits per heavy atom. The predicted molar refractivity (Wildman–Crippen MR) is 50.3 cm³/mol. The molecule has 76 valence electrons. The lowest BCUT2D eigenvalue weighted by Crippen LogP contribution is -2.42. The quantitative estimate of drug-likeness (QED) is 0.521. The van der Waals surface area contributed by atoms with Crippen LogP contribution in [0.1, 0.15) is 6.92 Å². The zero-order valence-corrected chi connectivity index (χ0v) is 8.36. The molecule has 1 rings (SSSR count). The molecule has 3 unspecified atom stereocenters. The Morgan fingerprint density at radius 3 is 2.62 bits per heavy atom. The first-order valence-corrected chi connectivity index (χ1v) is 4.51. The molecule has 5 heteroatoms.